The van der Waals surface area contributed by atoms with Crippen LogP contribution in [-0.2, 0) is 4.74 Å². The number of thiazole rings is 1. The van der Waals surface area contributed by atoms with Crippen molar-refractivity contribution in [1.82, 2.24) is 24.8 Å². The number of ether oxygens (including phenoxy) is 1. The molecule has 3 aromatic heterocycles. The summed E-state index contributed by atoms with van der Waals surface area (Å²) in [4.78, 5) is 19.7. The van der Waals surface area contributed by atoms with Crippen molar-refractivity contribution in [2.24, 2.45) is 0 Å². The van der Waals surface area contributed by atoms with Crippen LogP contribution < -0.4 is 5.32 Å². The van der Waals surface area contributed by atoms with E-state index in [4.69, 9.17) is 4.74 Å². The Balaban J connectivity index is 1.24. The van der Waals surface area contributed by atoms with E-state index in [-0.39, 0.29) is 0 Å². The van der Waals surface area contributed by atoms with E-state index in [0.29, 0.717) is 12.1 Å². The topological polar surface area (TPSA) is 79.0 Å². The van der Waals surface area contributed by atoms with E-state index in [0.717, 1.165) is 59.2 Å². The molecule has 0 atom stereocenters. The Morgan fingerprint density at radius 3 is 2.81 bits per heavy atom. The van der Waals surface area contributed by atoms with Gasteiger partial charge in [0.15, 0.2) is 0 Å². The van der Waals surface area contributed by atoms with Crippen LogP contribution in [0, 0.1) is 6.92 Å². The van der Waals surface area contributed by atoms with Gasteiger partial charge in [0, 0.05) is 36.9 Å². The molecule has 8 heteroatoms. The highest BCUT2D eigenvalue weighted by molar-refractivity contribution is 7.18. The van der Waals surface area contributed by atoms with Crippen LogP contribution in [0.2, 0.25) is 0 Å². The summed E-state index contributed by atoms with van der Waals surface area (Å²) in [5.41, 5.74) is 4.24. The zero-order chi connectivity index (χ0) is 21.5. The number of benzene rings is 1. The van der Waals surface area contributed by atoms with E-state index in [1.807, 2.05) is 0 Å². The second kappa shape index (κ2) is 8.42. The number of aryl methyl sites for hydroxylation is 1. The van der Waals surface area contributed by atoms with Crippen LogP contribution in [0.1, 0.15) is 30.7 Å². The molecule has 2 fully saturated rings. The number of nitrogens with one attached hydrogen (secondary N) is 2. The average molecular weight is 449 g/mol. The highest BCUT2D eigenvalue weighted by Crippen LogP contribution is 2.36. The summed E-state index contributed by atoms with van der Waals surface area (Å²) in [7, 11) is 0. The Bertz CT molecular complexity index is 1240. The molecule has 1 aromatic carbocycles. The molecule has 0 amide bonds. The van der Waals surface area contributed by atoms with Crippen LogP contribution in [0.4, 0.5) is 5.82 Å². The fourth-order valence-electron chi connectivity index (χ4n) is 5.23. The van der Waals surface area contributed by atoms with Crippen molar-refractivity contribution < 1.29 is 4.74 Å². The summed E-state index contributed by atoms with van der Waals surface area (Å²) < 4.78 is 6.73. The Morgan fingerprint density at radius 1 is 1.12 bits per heavy atom. The largest absolute Gasteiger partial charge is 0.379 e. The highest BCUT2D eigenvalue weighted by atomic mass is 32.1. The molecule has 7 nitrogen and oxygen atoms in total. The van der Waals surface area contributed by atoms with Crippen molar-refractivity contribution in [3.63, 3.8) is 0 Å². The first-order valence-corrected chi connectivity index (χ1v) is 12.3. The predicted molar refractivity (Wildman–Crippen MR) is 129 cm³/mol. The maximum Gasteiger partial charge on any atom is 0.143 e. The molecule has 6 rings (SSSR count). The van der Waals surface area contributed by atoms with Crippen molar-refractivity contribution in [3.05, 3.63) is 35.7 Å². The van der Waals surface area contributed by atoms with E-state index >= 15 is 0 Å². The van der Waals surface area contributed by atoms with Crippen LogP contribution in [0.5, 0.6) is 0 Å². The fraction of sp³-hybridized carbons (Fsp3) is 0.458. The first kappa shape index (κ1) is 20.1. The summed E-state index contributed by atoms with van der Waals surface area (Å²) in [5.74, 6) is 0.932. The molecule has 2 N–H and O–H groups in total. The smallest absolute Gasteiger partial charge is 0.143 e. The third kappa shape index (κ3) is 3.76. The minimum Gasteiger partial charge on any atom is -0.379 e. The Morgan fingerprint density at radius 2 is 1.97 bits per heavy atom. The Labute approximate surface area is 191 Å². The summed E-state index contributed by atoms with van der Waals surface area (Å²) in [5, 5.41) is 5.93. The van der Waals surface area contributed by atoms with E-state index < -0.39 is 0 Å². The summed E-state index contributed by atoms with van der Waals surface area (Å²) in [6.45, 7) is 5.96. The number of aromatic amines is 1. The van der Waals surface area contributed by atoms with Crippen molar-refractivity contribution in [1.29, 1.82) is 0 Å². The molecule has 1 saturated heterocycles. The summed E-state index contributed by atoms with van der Waals surface area (Å²) in [6, 6.07) is 7.62. The maximum atomic E-state index is 5.52. The quantitative estimate of drug-likeness (QED) is 0.475. The number of aromatic nitrogens is 4. The van der Waals surface area contributed by atoms with Gasteiger partial charge in [-0.2, -0.15) is 0 Å². The molecular weight excluding hydrogens is 420 g/mol. The third-order valence-electron chi connectivity index (χ3n) is 6.88. The number of rotatable bonds is 4. The average Bonchev–Trinajstić information content (AvgIpc) is 3.43. The minimum absolute atomic E-state index is 0.444. The van der Waals surface area contributed by atoms with E-state index in [9.17, 15) is 0 Å². The zero-order valence-electron chi connectivity index (χ0n) is 18.3. The van der Waals surface area contributed by atoms with Crippen molar-refractivity contribution >= 4 is 38.4 Å². The molecule has 2 aliphatic rings. The van der Waals surface area contributed by atoms with Crippen molar-refractivity contribution in [3.8, 4) is 11.1 Å². The summed E-state index contributed by atoms with van der Waals surface area (Å²) >= 11 is 1.73. The molecule has 4 aromatic rings. The van der Waals surface area contributed by atoms with Gasteiger partial charge >= 0.3 is 0 Å². The molecule has 4 heterocycles. The monoisotopic (exact) mass is 448 g/mol. The number of hydrogen-bond acceptors (Lipinski definition) is 7. The second-order valence-electron chi connectivity index (χ2n) is 8.86. The number of morpholine rings is 1. The van der Waals surface area contributed by atoms with Gasteiger partial charge in [0.05, 0.1) is 33.8 Å². The number of anilines is 1. The lowest BCUT2D eigenvalue weighted by atomic mass is 9.90. The van der Waals surface area contributed by atoms with Gasteiger partial charge in [0.1, 0.15) is 17.8 Å². The van der Waals surface area contributed by atoms with Gasteiger partial charge in [-0.05, 0) is 50.3 Å². The van der Waals surface area contributed by atoms with Crippen molar-refractivity contribution in [2.45, 2.75) is 44.7 Å². The first-order chi connectivity index (χ1) is 15.7. The number of H-pyrrole nitrogens is 1. The lowest BCUT2D eigenvalue weighted by Gasteiger charge is -2.39. The summed E-state index contributed by atoms with van der Waals surface area (Å²) in [6.07, 6.45) is 8.49. The molecule has 0 bridgehead atoms. The molecule has 0 radical (unpaired) electrons. The molecule has 1 aliphatic carbocycles. The number of nitrogens with zero attached hydrogens (tertiary/aromatic N) is 4. The molecule has 32 heavy (non-hydrogen) atoms. The van der Waals surface area contributed by atoms with Gasteiger partial charge in [-0.15, -0.1) is 11.3 Å². The van der Waals surface area contributed by atoms with Gasteiger partial charge in [-0.1, -0.05) is 6.07 Å². The van der Waals surface area contributed by atoms with Gasteiger partial charge in [0.25, 0.3) is 0 Å². The lowest BCUT2D eigenvalue weighted by molar-refractivity contribution is 0.00791. The molecule has 1 saturated carbocycles. The molecule has 0 unspecified atom stereocenters. The van der Waals surface area contributed by atoms with Crippen LogP contribution in [0.3, 0.4) is 0 Å². The maximum absolute atomic E-state index is 5.52. The number of fused-ring (bicyclic) bond motifs is 2. The van der Waals surface area contributed by atoms with Crippen LogP contribution in [0.25, 0.3) is 32.4 Å². The van der Waals surface area contributed by atoms with Crippen LogP contribution in [-0.4, -0.2) is 63.2 Å². The van der Waals surface area contributed by atoms with Gasteiger partial charge in [-0.25, -0.2) is 15.0 Å². The van der Waals surface area contributed by atoms with Crippen molar-refractivity contribution in [2.75, 3.05) is 31.6 Å². The van der Waals surface area contributed by atoms with E-state index in [1.54, 1.807) is 17.7 Å². The van der Waals surface area contributed by atoms with E-state index in [1.165, 1.54) is 35.9 Å². The van der Waals surface area contributed by atoms with E-state index in [2.05, 4.69) is 61.5 Å². The van der Waals surface area contributed by atoms with Gasteiger partial charge in [0.2, 0.25) is 0 Å². The van der Waals surface area contributed by atoms with Crippen LogP contribution in [0.15, 0.2) is 30.7 Å². The normalized spacial score (nSPS) is 22.5. The zero-order valence-corrected chi connectivity index (χ0v) is 19.1. The standard InChI is InChI=1S/C24H28N6OS/c1-15-28-20-7-2-16(12-21(20)32-15)19-13-25-23-22(19)24(27-14-26-23)29-17-3-5-18(6-4-17)30-8-10-31-11-9-30/h2,7,12-14,17-18H,3-6,8-11H2,1H3,(H2,25,26,27,29). The molecule has 1 aliphatic heterocycles. The molecule has 0 spiro atoms. The molecule has 166 valence electrons. The molecular formula is C24H28N6OS. The SMILES string of the molecule is Cc1nc2ccc(-c3c[nH]c4ncnc(NC5CCC(N6CCOCC6)CC5)c34)cc2s1. The predicted octanol–water partition coefficient (Wildman–Crippen LogP) is 4.60. The highest BCUT2D eigenvalue weighted by Gasteiger charge is 2.27. The first-order valence-electron chi connectivity index (χ1n) is 11.5. The second-order valence-corrected chi connectivity index (χ2v) is 10.1. The Kier molecular flexibility index (Phi) is 5.29. The Hall–Kier alpha value is -2.55. The lowest BCUT2D eigenvalue weighted by Crippen LogP contribution is -2.46. The third-order valence-corrected chi connectivity index (χ3v) is 7.81. The van der Waals surface area contributed by atoms with Gasteiger partial charge < -0.3 is 15.0 Å². The number of hydrogen-bond donors (Lipinski definition) is 2. The van der Waals surface area contributed by atoms with Gasteiger partial charge in [-0.3, -0.25) is 4.90 Å². The minimum atomic E-state index is 0.444. The van der Waals surface area contributed by atoms with Crippen LogP contribution >= 0.6 is 11.3 Å². The fourth-order valence-corrected chi connectivity index (χ4v) is 6.09.